The third-order valence-corrected chi connectivity index (χ3v) is 1.26. The molecule has 0 aliphatic carbocycles. The summed E-state index contributed by atoms with van der Waals surface area (Å²) in [5, 5.41) is 26.2. The highest BCUT2D eigenvalue weighted by Gasteiger charge is 2.21. The molecule has 11 heavy (non-hydrogen) atoms. The summed E-state index contributed by atoms with van der Waals surface area (Å²) in [5.74, 6) is -0.778. The van der Waals surface area contributed by atoms with Gasteiger partial charge in [0.15, 0.2) is 5.78 Å². The Hall–Kier alpha value is -0.710. The van der Waals surface area contributed by atoms with Crippen molar-refractivity contribution in [2.45, 2.75) is 18.6 Å². The molecule has 2 atom stereocenters. The number of carbonyl (C=O) groups excluding carboxylic acids is 1. The average molecular weight is 160 g/mol. The summed E-state index contributed by atoms with van der Waals surface area (Å²) < 4.78 is 0. The van der Waals surface area contributed by atoms with E-state index in [-0.39, 0.29) is 6.42 Å². The van der Waals surface area contributed by atoms with Crippen LogP contribution in [0.2, 0.25) is 0 Å². The van der Waals surface area contributed by atoms with Gasteiger partial charge in [-0.2, -0.15) is 0 Å². The molecule has 0 rings (SSSR count). The van der Waals surface area contributed by atoms with Crippen molar-refractivity contribution in [2.24, 2.45) is 0 Å². The largest absolute Gasteiger partial charge is 0.390 e. The Morgan fingerprint density at radius 1 is 1.55 bits per heavy atom. The summed E-state index contributed by atoms with van der Waals surface area (Å²) in [4.78, 5) is 10.5. The van der Waals surface area contributed by atoms with Crippen LogP contribution < -0.4 is 0 Å². The van der Waals surface area contributed by atoms with Crippen molar-refractivity contribution in [3.63, 3.8) is 0 Å². The lowest BCUT2D eigenvalue weighted by atomic mass is 10.1. The Balaban J connectivity index is 3.89. The Morgan fingerprint density at radius 3 is 2.45 bits per heavy atom. The molecule has 3 N–H and O–H groups in total. The first-order valence-electron chi connectivity index (χ1n) is 3.24. The van der Waals surface area contributed by atoms with Gasteiger partial charge >= 0.3 is 0 Å². The predicted octanol–water partition coefficient (Wildman–Crippen LogP) is -1.15. The fourth-order valence-corrected chi connectivity index (χ4v) is 0.608. The molecule has 0 saturated carbocycles. The SMILES string of the molecule is C=CC[C@@H](O)[C@H](O)C(=O)CO. The van der Waals surface area contributed by atoms with Gasteiger partial charge in [-0.3, -0.25) is 4.79 Å². The minimum absolute atomic E-state index is 0.132. The minimum atomic E-state index is -1.50. The van der Waals surface area contributed by atoms with E-state index < -0.39 is 24.6 Å². The molecule has 0 heterocycles. The fourth-order valence-electron chi connectivity index (χ4n) is 0.608. The van der Waals surface area contributed by atoms with Crippen LogP contribution in [0.15, 0.2) is 12.7 Å². The number of aliphatic hydroxyl groups is 3. The Morgan fingerprint density at radius 2 is 2.09 bits per heavy atom. The summed E-state index contributed by atoms with van der Waals surface area (Å²) in [6, 6.07) is 0. The zero-order valence-corrected chi connectivity index (χ0v) is 6.10. The van der Waals surface area contributed by atoms with E-state index in [0.717, 1.165) is 0 Å². The first-order chi connectivity index (χ1) is 5.13. The van der Waals surface area contributed by atoms with E-state index in [1.165, 1.54) is 6.08 Å². The van der Waals surface area contributed by atoms with Crippen LogP contribution in [0.5, 0.6) is 0 Å². The monoisotopic (exact) mass is 160 g/mol. The maximum absolute atomic E-state index is 10.5. The van der Waals surface area contributed by atoms with Gasteiger partial charge in [0.2, 0.25) is 0 Å². The van der Waals surface area contributed by atoms with E-state index in [9.17, 15) is 4.79 Å². The van der Waals surface area contributed by atoms with Crippen LogP contribution in [0.25, 0.3) is 0 Å². The van der Waals surface area contributed by atoms with Crippen LogP contribution in [0.3, 0.4) is 0 Å². The number of rotatable bonds is 5. The molecule has 0 unspecified atom stereocenters. The standard InChI is InChI=1S/C7H12O4/c1-2-3-5(9)7(11)6(10)4-8/h2,5,7-9,11H,1,3-4H2/t5-,7+/m1/s1. The van der Waals surface area contributed by atoms with Gasteiger partial charge in [0.25, 0.3) is 0 Å². The number of aliphatic hydroxyl groups excluding tert-OH is 3. The van der Waals surface area contributed by atoms with Gasteiger partial charge in [-0.15, -0.1) is 6.58 Å². The lowest BCUT2D eigenvalue weighted by Crippen LogP contribution is -2.35. The molecule has 0 aromatic heterocycles. The summed E-state index contributed by atoms with van der Waals surface area (Å²) in [6.07, 6.45) is -1.14. The minimum Gasteiger partial charge on any atom is -0.390 e. The average Bonchev–Trinajstić information content (AvgIpc) is 2.02. The molecule has 0 amide bonds. The fraction of sp³-hybridized carbons (Fsp3) is 0.571. The zero-order valence-electron chi connectivity index (χ0n) is 6.10. The smallest absolute Gasteiger partial charge is 0.189 e. The third kappa shape index (κ3) is 3.27. The highest BCUT2D eigenvalue weighted by Crippen LogP contribution is 2.00. The summed E-state index contributed by atoms with van der Waals surface area (Å²) in [6.45, 7) is 2.57. The van der Waals surface area contributed by atoms with E-state index >= 15 is 0 Å². The number of hydrogen-bond acceptors (Lipinski definition) is 4. The van der Waals surface area contributed by atoms with E-state index in [2.05, 4.69) is 6.58 Å². The lowest BCUT2D eigenvalue weighted by Gasteiger charge is -2.13. The van der Waals surface area contributed by atoms with Gasteiger partial charge in [-0.25, -0.2) is 0 Å². The van der Waals surface area contributed by atoms with Crippen molar-refractivity contribution >= 4 is 5.78 Å². The summed E-state index contributed by atoms with van der Waals surface area (Å²) >= 11 is 0. The molecule has 0 spiro atoms. The van der Waals surface area contributed by atoms with Gasteiger partial charge < -0.3 is 15.3 Å². The van der Waals surface area contributed by atoms with Gasteiger partial charge in [0.05, 0.1) is 6.10 Å². The first-order valence-corrected chi connectivity index (χ1v) is 3.24. The molecular weight excluding hydrogens is 148 g/mol. The second-order valence-electron chi connectivity index (χ2n) is 2.16. The van der Waals surface area contributed by atoms with Crippen LogP contribution in [0.4, 0.5) is 0 Å². The topological polar surface area (TPSA) is 77.8 Å². The number of carbonyl (C=O) groups is 1. The van der Waals surface area contributed by atoms with Gasteiger partial charge in [-0.05, 0) is 6.42 Å². The molecule has 0 bridgehead atoms. The van der Waals surface area contributed by atoms with Crippen LogP contribution in [0.1, 0.15) is 6.42 Å². The quantitative estimate of drug-likeness (QED) is 0.443. The van der Waals surface area contributed by atoms with Crippen LogP contribution in [-0.4, -0.2) is 39.9 Å². The van der Waals surface area contributed by atoms with Crippen molar-refractivity contribution in [2.75, 3.05) is 6.61 Å². The third-order valence-electron chi connectivity index (χ3n) is 1.26. The number of hydrogen-bond donors (Lipinski definition) is 3. The van der Waals surface area contributed by atoms with Crippen molar-refractivity contribution < 1.29 is 20.1 Å². The van der Waals surface area contributed by atoms with Crippen LogP contribution in [0, 0.1) is 0 Å². The van der Waals surface area contributed by atoms with Gasteiger partial charge in [-0.1, -0.05) is 6.08 Å². The van der Waals surface area contributed by atoms with E-state index in [0.29, 0.717) is 0 Å². The molecule has 4 nitrogen and oxygen atoms in total. The molecule has 0 fully saturated rings. The summed E-state index contributed by atoms with van der Waals surface area (Å²) in [5.41, 5.74) is 0. The van der Waals surface area contributed by atoms with Crippen LogP contribution in [-0.2, 0) is 4.79 Å². The highest BCUT2D eigenvalue weighted by molar-refractivity contribution is 5.84. The van der Waals surface area contributed by atoms with Crippen molar-refractivity contribution in [1.29, 1.82) is 0 Å². The molecular formula is C7H12O4. The molecule has 0 aromatic rings. The van der Waals surface area contributed by atoms with E-state index in [4.69, 9.17) is 15.3 Å². The zero-order chi connectivity index (χ0) is 8.85. The van der Waals surface area contributed by atoms with Crippen molar-refractivity contribution in [3.05, 3.63) is 12.7 Å². The second-order valence-corrected chi connectivity index (χ2v) is 2.16. The van der Waals surface area contributed by atoms with Crippen LogP contribution >= 0.6 is 0 Å². The number of ketones is 1. The maximum atomic E-state index is 10.5. The van der Waals surface area contributed by atoms with Gasteiger partial charge in [0.1, 0.15) is 12.7 Å². The van der Waals surface area contributed by atoms with E-state index in [1.54, 1.807) is 0 Å². The van der Waals surface area contributed by atoms with Crippen molar-refractivity contribution in [1.82, 2.24) is 0 Å². The van der Waals surface area contributed by atoms with Gasteiger partial charge in [0, 0.05) is 0 Å². The molecule has 0 radical (unpaired) electrons. The molecule has 0 aliphatic rings. The molecule has 0 saturated heterocycles. The highest BCUT2D eigenvalue weighted by atomic mass is 16.3. The second kappa shape index (κ2) is 5.01. The van der Waals surface area contributed by atoms with E-state index in [1.807, 2.05) is 0 Å². The molecule has 4 heteroatoms. The van der Waals surface area contributed by atoms with Crippen molar-refractivity contribution in [3.8, 4) is 0 Å². The molecule has 0 aliphatic heterocycles. The number of Topliss-reactive ketones (excluding diaryl/α,β-unsaturated/α-hetero) is 1. The normalized spacial score (nSPS) is 15.5. The molecule has 64 valence electrons. The first kappa shape index (κ1) is 10.3. The Labute approximate surface area is 64.8 Å². The molecule has 0 aromatic carbocycles. The lowest BCUT2D eigenvalue weighted by molar-refractivity contribution is -0.135. The summed E-state index contributed by atoms with van der Waals surface area (Å²) in [7, 11) is 0. The maximum Gasteiger partial charge on any atom is 0.189 e. The predicted molar refractivity (Wildman–Crippen MR) is 38.9 cm³/mol. The Kier molecular flexibility index (Phi) is 4.69. The Bertz CT molecular complexity index is 143.